The minimum atomic E-state index is -0.291. The summed E-state index contributed by atoms with van der Waals surface area (Å²) < 4.78 is 5.42. The standard InChI is InChI=1S/C18H25NO3S/c1-11(2)22-18(21)15-13-9-5-6-10-14(13)23-17(15)19-16(20)12-7-3-4-8-12/h11-12H,3-10H2,1-2H3,(H,19,20). The van der Waals surface area contributed by atoms with Gasteiger partial charge in [0.15, 0.2) is 0 Å². The van der Waals surface area contributed by atoms with E-state index in [0.29, 0.717) is 10.6 Å². The highest BCUT2D eigenvalue weighted by Crippen LogP contribution is 2.39. The zero-order chi connectivity index (χ0) is 16.4. The van der Waals surface area contributed by atoms with E-state index in [1.807, 2.05) is 13.8 Å². The Morgan fingerprint density at radius 1 is 1.13 bits per heavy atom. The van der Waals surface area contributed by atoms with Gasteiger partial charge in [0.05, 0.1) is 11.7 Å². The number of nitrogens with one attached hydrogen (secondary N) is 1. The summed E-state index contributed by atoms with van der Waals surface area (Å²) in [5, 5.41) is 3.75. The minimum absolute atomic E-state index is 0.0692. The van der Waals surface area contributed by atoms with Gasteiger partial charge in [-0.2, -0.15) is 0 Å². The zero-order valence-electron chi connectivity index (χ0n) is 13.9. The number of rotatable bonds is 4. The number of fused-ring (bicyclic) bond motifs is 1. The first-order valence-corrected chi connectivity index (χ1v) is 9.54. The van der Waals surface area contributed by atoms with Crippen LogP contribution >= 0.6 is 11.3 Å². The van der Waals surface area contributed by atoms with Crippen molar-refractivity contribution in [2.75, 3.05) is 5.32 Å². The van der Waals surface area contributed by atoms with Crippen molar-refractivity contribution < 1.29 is 14.3 Å². The van der Waals surface area contributed by atoms with Gasteiger partial charge in [-0.3, -0.25) is 4.79 Å². The average Bonchev–Trinajstić information content (AvgIpc) is 3.13. The molecule has 1 aromatic rings. The number of ether oxygens (including phenoxy) is 1. The molecule has 2 aliphatic carbocycles. The molecule has 2 aliphatic rings. The number of anilines is 1. The van der Waals surface area contributed by atoms with Gasteiger partial charge in [0, 0.05) is 10.8 Å². The molecule has 1 saturated carbocycles. The van der Waals surface area contributed by atoms with Crippen molar-refractivity contribution in [2.24, 2.45) is 5.92 Å². The summed E-state index contributed by atoms with van der Waals surface area (Å²) in [6.07, 6.45) is 8.19. The molecule has 0 saturated heterocycles. The maximum Gasteiger partial charge on any atom is 0.341 e. The number of thiophene rings is 1. The monoisotopic (exact) mass is 335 g/mol. The lowest BCUT2D eigenvalue weighted by Gasteiger charge is -2.14. The van der Waals surface area contributed by atoms with E-state index in [9.17, 15) is 9.59 Å². The molecule has 0 unspecified atom stereocenters. The Morgan fingerprint density at radius 3 is 2.52 bits per heavy atom. The number of hydrogen-bond acceptors (Lipinski definition) is 4. The van der Waals surface area contributed by atoms with Crippen LogP contribution in [-0.2, 0) is 22.4 Å². The quantitative estimate of drug-likeness (QED) is 0.834. The molecule has 1 N–H and O–H groups in total. The minimum Gasteiger partial charge on any atom is -0.459 e. The molecule has 1 fully saturated rings. The lowest BCUT2D eigenvalue weighted by molar-refractivity contribution is -0.119. The largest absolute Gasteiger partial charge is 0.459 e. The summed E-state index contributed by atoms with van der Waals surface area (Å²) in [5.41, 5.74) is 1.72. The number of esters is 1. The third-order valence-corrected chi connectivity index (χ3v) is 5.89. The SMILES string of the molecule is CC(C)OC(=O)c1c(NC(=O)C2CCCC2)sc2c1CCCC2. The van der Waals surface area contributed by atoms with E-state index in [1.54, 1.807) is 11.3 Å². The maximum atomic E-state index is 12.5. The third kappa shape index (κ3) is 3.60. The van der Waals surface area contributed by atoms with E-state index in [-0.39, 0.29) is 23.9 Å². The highest BCUT2D eigenvalue weighted by atomic mass is 32.1. The molecule has 0 atom stereocenters. The van der Waals surface area contributed by atoms with Gasteiger partial charge in [0.25, 0.3) is 0 Å². The molecule has 0 aliphatic heterocycles. The molecular formula is C18H25NO3S. The fourth-order valence-electron chi connectivity index (χ4n) is 3.54. The molecule has 3 rings (SSSR count). The first kappa shape index (κ1) is 16.5. The van der Waals surface area contributed by atoms with E-state index < -0.39 is 0 Å². The van der Waals surface area contributed by atoms with E-state index in [1.165, 1.54) is 4.88 Å². The van der Waals surface area contributed by atoms with E-state index in [4.69, 9.17) is 4.74 Å². The number of aryl methyl sites for hydroxylation is 1. The van der Waals surface area contributed by atoms with E-state index in [2.05, 4.69) is 5.32 Å². The smallest absolute Gasteiger partial charge is 0.341 e. The zero-order valence-corrected chi connectivity index (χ0v) is 14.8. The van der Waals surface area contributed by atoms with E-state index in [0.717, 1.165) is 56.9 Å². The number of carbonyl (C=O) groups is 2. The van der Waals surface area contributed by atoms with Crippen LogP contribution in [0, 0.1) is 5.92 Å². The summed E-state index contributed by atoms with van der Waals surface area (Å²) in [6, 6.07) is 0. The van der Waals surface area contributed by atoms with Crippen LogP contribution in [0.4, 0.5) is 5.00 Å². The topological polar surface area (TPSA) is 55.4 Å². The summed E-state index contributed by atoms with van der Waals surface area (Å²) in [4.78, 5) is 26.3. The van der Waals surface area contributed by atoms with Crippen molar-refractivity contribution in [3.05, 3.63) is 16.0 Å². The van der Waals surface area contributed by atoms with Crippen molar-refractivity contribution >= 4 is 28.2 Å². The lowest BCUT2D eigenvalue weighted by Crippen LogP contribution is -2.22. The fourth-order valence-corrected chi connectivity index (χ4v) is 4.83. The highest BCUT2D eigenvalue weighted by molar-refractivity contribution is 7.17. The number of hydrogen-bond donors (Lipinski definition) is 1. The van der Waals surface area contributed by atoms with Crippen LogP contribution in [0.1, 0.15) is 73.2 Å². The normalized spacial score (nSPS) is 18.0. The van der Waals surface area contributed by atoms with Gasteiger partial charge in [0.1, 0.15) is 5.00 Å². The molecule has 5 heteroatoms. The van der Waals surface area contributed by atoms with Crippen LogP contribution in [0.25, 0.3) is 0 Å². The molecule has 0 radical (unpaired) electrons. The van der Waals surface area contributed by atoms with Crippen LogP contribution in [0.3, 0.4) is 0 Å². The Balaban J connectivity index is 1.87. The molecule has 4 nitrogen and oxygen atoms in total. The predicted molar refractivity (Wildman–Crippen MR) is 92.1 cm³/mol. The Kier molecular flexibility index (Phi) is 5.05. The van der Waals surface area contributed by atoms with E-state index >= 15 is 0 Å². The Labute approximate surface area is 141 Å². The average molecular weight is 335 g/mol. The molecular weight excluding hydrogens is 310 g/mol. The van der Waals surface area contributed by atoms with Crippen LogP contribution in [-0.4, -0.2) is 18.0 Å². The maximum absolute atomic E-state index is 12.5. The Hall–Kier alpha value is -1.36. The highest BCUT2D eigenvalue weighted by Gasteiger charge is 2.30. The van der Waals surface area contributed by atoms with Gasteiger partial charge in [-0.25, -0.2) is 4.79 Å². The second kappa shape index (κ2) is 7.04. The van der Waals surface area contributed by atoms with Crippen molar-refractivity contribution in [1.29, 1.82) is 0 Å². The van der Waals surface area contributed by atoms with Crippen molar-refractivity contribution in [3.8, 4) is 0 Å². The molecule has 23 heavy (non-hydrogen) atoms. The van der Waals surface area contributed by atoms with Crippen LogP contribution in [0.15, 0.2) is 0 Å². The van der Waals surface area contributed by atoms with Gasteiger partial charge >= 0.3 is 5.97 Å². The third-order valence-electron chi connectivity index (χ3n) is 4.68. The number of amides is 1. The van der Waals surface area contributed by atoms with Gasteiger partial charge < -0.3 is 10.1 Å². The van der Waals surface area contributed by atoms with Gasteiger partial charge in [0.2, 0.25) is 5.91 Å². The molecule has 0 spiro atoms. The molecule has 0 aromatic carbocycles. The lowest BCUT2D eigenvalue weighted by atomic mass is 9.95. The predicted octanol–water partition coefficient (Wildman–Crippen LogP) is 4.32. The second-order valence-electron chi connectivity index (χ2n) is 6.84. The van der Waals surface area contributed by atoms with Crippen molar-refractivity contribution in [1.82, 2.24) is 0 Å². The van der Waals surface area contributed by atoms with Crippen LogP contribution < -0.4 is 5.32 Å². The van der Waals surface area contributed by atoms with Crippen LogP contribution in [0.5, 0.6) is 0 Å². The first-order valence-electron chi connectivity index (χ1n) is 8.72. The van der Waals surface area contributed by atoms with Gasteiger partial charge in [-0.15, -0.1) is 11.3 Å². The Bertz CT molecular complexity index is 600. The molecule has 126 valence electrons. The van der Waals surface area contributed by atoms with Crippen molar-refractivity contribution in [2.45, 2.75) is 71.3 Å². The fraction of sp³-hybridized carbons (Fsp3) is 0.667. The summed E-state index contributed by atoms with van der Waals surface area (Å²) in [7, 11) is 0. The first-order chi connectivity index (χ1) is 11.1. The van der Waals surface area contributed by atoms with Gasteiger partial charge in [-0.05, 0) is 57.9 Å². The van der Waals surface area contributed by atoms with Crippen molar-refractivity contribution in [3.63, 3.8) is 0 Å². The summed E-state index contributed by atoms with van der Waals surface area (Å²) >= 11 is 1.57. The molecule has 1 amide bonds. The molecule has 0 bridgehead atoms. The van der Waals surface area contributed by atoms with Gasteiger partial charge in [-0.1, -0.05) is 12.8 Å². The molecule has 1 heterocycles. The Morgan fingerprint density at radius 2 is 1.83 bits per heavy atom. The second-order valence-corrected chi connectivity index (χ2v) is 7.94. The van der Waals surface area contributed by atoms with Crippen LogP contribution in [0.2, 0.25) is 0 Å². The summed E-state index contributed by atoms with van der Waals surface area (Å²) in [6.45, 7) is 3.71. The molecule has 1 aromatic heterocycles. The summed E-state index contributed by atoms with van der Waals surface area (Å²) in [5.74, 6) is -0.121. The number of carbonyl (C=O) groups excluding carboxylic acids is 2.